The lowest BCUT2D eigenvalue weighted by Gasteiger charge is -2.02. The number of carbonyl (C=O) groups excluding carboxylic acids is 2. The first-order chi connectivity index (χ1) is 10.5. The molecule has 0 N–H and O–H groups in total. The monoisotopic (exact) mass is 312 g/mol. The van der Waals surface area contributed by atoms with Gasteiger partial charge in [0.2, 0.25) is 5.89 Å². The predicted octanol–water partition coefficient (Wildman–Crippen LogP) is 3.37. The van der Waals surface area contributed by atoms with Crippen molar-refractivity contribution in [3.05, 3.63) is 52.5 Å². The number of halogens is 1. The minimum Gasteiger partial charge on any atom is -0.436 e. The molecule has 0 saturated heterocycles. The molecule has 4 rings (SSSR count). The van der Waals surface area contributed by atoms with Gasteiger partial charge in [0, 0.05) is 17.6 Å². The molecule has 1 aliphatic rings. The first-order valence-electron chi connectivity index (χ1n) is 6.57. The molecule has 0 unspecified atom stereocenters. The van der Waals surface area contributed by atoms with Gasteiger partial charge in [-0.1, -0.05) is 11.6 Å². The van der Waals surface area contributed by atoms with Gasteiger partial charge in [0.05, 0.1) is 11.1 Å². The lowest BCUT2D eigenvalue weighted by atomic mass is 10.1. The van der Waals surface area contributed by atoms with Crippen LogP contribution in [0.25, 0.3) is 22.6 Å². The normalized spacial score (nSPS) is 14.0. The van der Waals surface area contributed by atoms with Crippen LogP contribution in [-0.2, 0) is 0 Å². The van der Waals surface area contributed by atoms with E-state index in [0.717, 1.165) is 4.90 Å². The van der Waals surface area contributed by atoms with Crippen molar-refractivity contribution in [3.8, 4) is 11.5 Å². The van der Waals surface area contributed by atoms with E-state index in [9.17, 15) is 9.59 Å². The summed E-state index contributed by atoms with van der Waals surface area (Å²) in [6, 6.07) is 10.1. The minimum absolute atomic E-state index is 0.295. The summed E-state index contributed by atoms with van der Waals surface area (Å²) in [5.41, 5.74) is 2.66. The van der Waals surface area contributed by atoms with E-state index in [1.165, 1.54) is 7.05 Å². The molecule has 0 atom stereocenters. The number of hydrogen-bond acceptors (Lipinski definition) is 4. The Morgan fingerprint density at radius 2 is 1.82 bits per heavy atom. The number of nitrogens with zero attached hydrogens (tertiary/aromatic N) is 2. The van der Waals surface area contributed by atoms with E-state index in [4.69, 9.17) is 16.0 Å². The van der Waals surface area contributed by atoms with E-state index in [1.807, 2.05) is 0 Å². The zero-order valence-corrected chi connectivity index (χ0v) is 12.2. The summed E-state index contributed by atoms with van der Waals surface area (Å²) in [6.45, 7) is 0. The summed E-state index contributed by atoms with van der Waals surface area (Å²) in [6.07, 6.45) is 0. The molecule has 0 aliphatic carbocycles. The number of imide groups is 1. The van der Waals surface area contributed by atoms with E-state index in [1.54, 1.807) is 36.4 Å². The van der Waals surface area contributed by atoms with Gasteiger partial charge in [0.25, 0.3) is 11.8 Å². The van der Waals surface area contributed by atoms with Gasteiger partial charge in [-0.2, -0.15) is 0 Å². The Morgan fingerprint density at radius 3 is 2.64 bits per heavy atom. The Kier molecular flexibility index (Phi) is 2.62. The maximum Gasteiger partial charge on any atom is 0.261 e. The number of benzene rings is 2. The molecule has 2 amide bonds. The van der Waals surface area contributed by atoms with Crippen LogP contribution in [0.1, 0.15) is 20.7 Å². The molecule has 0 bridgehead atoms. The van der Waals surface area contributed by atoms with Crippen LogP contribution in [0.15, 0.2) is 40.8 Å². The largest absolute Gasteiger partial charge is 0.436 e. The fourth-order valence-corrected chi connectivity index (χ4v) is 2.68. The highest BCUT2D eigenvalue weighted by Crippen LogP contribution is 2.30. The molecule has 22 heavy (non-hydrogen) atoms. The van der Waals surface area contributed by atoms with Crippen LogP contribution in [0.5, 0.6) is 0 Å². The quantitative estimate of drug-likeness (QED) is 0.646. The number of carbonyl (C=O) groups is 2. The van der Waals surface area contributed by atoms with Crippen LogP contribution in [0.4, 0.5) is 0 Å². The second-order valence-corrected chi connectivity index (χ2v) is 5.50. The molecule has 108 valence electrons. The molecule has 0 fully saturated rings. The minimum atomic E-state index is -0.319. The van der Waals surface area contributed by atoms with Gasteiger partial charge < -0.3 is 4.42 Å². The SMILES string of the molecule is CN1C(=O)c2ccc(-c3nc4cc(Cl)ccc4o3)cc2C1=O. The second-order valence-electron chi connectivity index (χ2n) is 5.06. The van der Waals surface area contributed by atoms with Crippen LogP contribution in [0.2, 0.25) is 5.02 Å². The van der Waals surface area contributed by atoms with Crippen LogP contribution in [0, 0.1) is 0 Å². The van der Waals surface area contributed by atoms with E-state index in [0.29, 0.717) is 38.7 Å². The van der Waals surface area contributed by atoms with Crippen molar-refractivity contribution < 1.29 is 14.0 Å². The molecule has 6 heteroatoms. The van der Waals surface area contributed by atoms with Gasteiger partial charge in [-0.15, -0.1) is 0 Å². The average Bonchev–Trinajstić information content (AvgIpc) is 3.03. The molecule has 0 radical (unpaired) electrons. The number of hydrogen-bond donors (Lipinski definition) is 0. The van der Waals surface area contributed by atoms with Gasteiger partial charge in [-0.3, -0.25) is 14.5 Å². The number of rotatable bonds is 1. The van der Waals surface area contributed by atoms with E-state index in [2.05, 4.69) is 4.98 Å². The molecule has 1 aromatic heterocycles. The number of oxazole rings is 1. The van der Waals surface area contributed by atoms with Crippen molar-refractivity contribution in [2.45, 2.75) is 0 Å². The molecule has 2 heterocycles. The third kappa shape index (κ3) is 1.76. The number of amides is 2. The van der Waals surface area contributed by atoms with Crippen LogP contribution in [-0.4, -0.2) is 28.7 Å². The van der Waals surface area contributed by atoms with E-state index >= 15 is 0 Å². The van der Waals surface area contributed by atoms with Gasteiger partial charge in [-0.05, 0) is 36.4 Å². The smallest absolute Gasteiger partial charge is 0.261 e. The molecule has 3 aromatic rings. The van der Waals surface area contributed by atoms with Crippen molar-refractivity contribution in [1.29, 1.82) is 0 Å². The molecule has 1 aliphatic heterocycles. The summed E-state index contributed by atoms with van der Waals surface area (Å²) < 4.78 is 5.68. The Balaban J connectivity index is 1.86. The standard InChI is InChI=1S/C16H9ClN2O3/c1-19-15(20)10-4-2-8(6-11(10)16(19)21)14-18-12-7-9(17)3-5-13(12)22-14/h2-7H,1H3. The van der Waals surface area contributed by atoms with E-state index in [-0.39, 0.29) is 11.8 Å². The Morgan fingerprint density at radius 1 is 1.05 bits per heavy atom. The van der Waals surface area contributed by atoms with Crippen molar-refractivity contribution in [1.82, 2.24) is 9.88 Å². The lowest BCUT2D eigenvalue weighted by molar-refractivity contribution is 0.0693. The molecule has 0 spiro atoms. The first-order valence-corrected chi connectivity index (χ1v) is 6.95. The second kappa shape index (κ2) is 4.42. The first kappa shape index (κ1) is 13.0. The van der Waals surface area contributed by atoms with Crippen LogP contribution < -0.4 is 0 Å². The maximum absolute atomic E-state index is 12.0. The van der Waals surface area contributed by atoms with Crippen molar-refractivity contribution >= 4 is 34.5 Å². The van der Waals surface area contributed by atoms with Gasteiger partial charge >= 0.3 is 0 Å². The van der Waals surface area contributed by atoms with Crippen molar-refractivity contribution in [3.63, 3.8) is 0 Å². The van der Waals surface area contributed by atoms with E-state index < -0.39 is 0 Å². The number of fused-ring (bicyclic) bond motifs is 2. The third-order valence-electron chi connectivity index (χ3n) is 3.69. The highest BCUT2D eigenvalue weighted by molar-refractivity contribution is 6.31. The predicted molar refractivity (Wildman–Crippen MR) is 80.9 cm³/mol. The summed E-state index contributed by atoms with van der Waals surface area (Å²) in [4.78, 5) is 29.4. The van der Waals surface area contributed by atoms with Crippen molar-refractivity contribution in [2.75, 3.05) is 7.05 Å². The summed E-state index contributed by atoms with van der Waals surface area (Å²) >= 11 is 5.93. The Hall–Kier alpha value is -2.66. The third-order valence-corrected chi connectivity index (χ3v) is 3.92. The fraction of sp³-hybridized carbons (Fsp3) is 0.0625. The molecular weight excluding hydrogens is 304 g/mol. The zero-order chi connectivity index (χ0) is 15.4. The lowest BCUT2D eigenvalue weighted by Crippen LogP contribution is -2.24. The molecular formula is C16H9ClN2O3. The van der Waals surface area contributed by atoms with Crippen molar-refractivity contribution in [2.24, 2.45) is 0 Å². The average molecular weight is 313 g/mol. The summed E-state index contributed by atoms with van der Waals surface area (Å²) in [5, 5.41) is 0.573. The maximum atomic E-state index is 12.0. The van der Waals surface area contributed by atoms with Gasteiger partial charge in [-0.25, -0.2) is 4.98 Å². The number of aromatic nitrogens is 1. The zero-order valence-electron chi connectivity index (χ0n) is 11.5. The topological polar surface area (TPSA) is 63.4 Å². The summed E-state index contributed by atoms with van der Waals surface area (Å²) in [5.74, 6) is -0.230. The molecule has 2 aromatic carbocycles. The van der Waals surface area contributed by atoms with Crippen LogP contribution >= 0.6 is 11.6 Å². The Bertz CT molecular complexity index is 961. The molecule has 5 nitrogen and oxygen atoms in total. The van der Waals surface area contributed by atoms with Crippen LogP contribution in [0.3, 0.4) is 0 Å². The Labute approximate surface area is 130 Å². The fourth-order valence-electron chi connectivity index (χ4n) is 2.52. The highest BCUT2D eigenvalue weighted by atomic mass is 35.5. The molecule has 0 saturated carbocycles. The highest BCUT2D eigenvalue weighted by Gasteiger charge is 2.33. The van der Waals surface area contributed by atoms with Gasteiger partial charge in [0.15, 0.2) is 5.58 Å². The van der Waals surface area contributed by atoms with Gasteiger partial charge in [0.1, 0.15) is 5.52 Å². The summed E-state index contributed by atoms with van der Waals surface area (Å²) in [7, 11) is 1.46.